The van der Waals surface area contributed by atoms with Crippen LogP contribution in [0.5, 0.6) is 23.0 Å². The van der Waals surface area contributed by atoms with E-state index in [-0.39, 0.29) is 10.8 Å². The lowest BCUT2D eigenvalue weighted by molar-refractivity contribution is 0.122. The van der Waals surface area contributed by atoms with Gasteiger partial charge in [-0.15, -0.1) is 0 Å². The highest BCUT2D eigenvalue weighted by molar-refractivity contribution is 6.36. The fourth-order valence-corrected chi connectivity index (χ4v) is 9.95. The molecule has 0 aliphatic carbocycles. The summed E-state index contributed by atoms with van der Waals surface area (Å²) in [4.78, 5) is 16.7. The third kappa shape index (κ3) is 9.45. The zero-order chi connectivity index (χ0) is 47.8. The average Bonchev–Trinajstić information content (AvgIpc) is 3.80. The first-order chi connectivity index (χ1) is 32.1. The predicted octanol–water partition coefficient (Wildman–Crippen LogP) is 10.9. The number of pyridine rings is 2. The van der Waals surface area contributed by atoms with Gasteiger partial charge in [0, 0.05) is 107 Å². The number of fused-ring (bicyclic) bond motifs is 4. The molecule has 0 radical (unpaired) electrons. The maximum Gasteiger partial charge on any atom is 0.148 e. The molecule has 67 heavy (non-hydrogen) atoms. The van der Waals surface area contributed by atoms with Gasteiger partial charge < -0.3 is 48.4 Å². The van der Waals surface area contributed by atoms with Crippen molar-refractivity contribution < 1.29 is 28.4 Å². The number of nitrogens with zero attached hydrogens (tertiary/aromatic N) is 5. The first kappa shape index (κ1) is 47.8. The number of rotatable bonds is 7. The van der Waals surface area contributed by atoms with E-state index in [1.54, 1.807) is 34.5 Å². The Morgan fingerprint density at radius 3 is 1.66 bits per heavy atom. The molecule has 0 bridgehead atoms. The zero-order valence-electron chi connectivity index (χ0n) is 41.4. The second kappa shape index (κ2) is 19.5. The van der Waals surface area contributed by atoms with Gasteiger partial charge in [-0.25, -0.2) is 9.97 Å². The van der Waals surface area contributed by atoms with Crippen molar-refractivity contribution in [1.29, 1.82) is 0 Å². The van der Waals surface area contributed by atoms with Crippen LogP contribution in [-0.2, 0) is 20.3 Å². The van der Waals surface area contributed by atoms with E-state index in [0.29, 0.717) is 16.5 Å². The van der Waals surface area contributed by atoms with Crippen LogP contribution in [0.3, 0.4) is 0 Å². The van der Waals surface area contributed by atoms with Gasteiger partial charge in [0.15, 0.2) is 0 Å². The van der Waals surface area contributed by atoms with Crippen LogP contribution in [-0.4, -0.2) is 104 Å². The van der Waals surface area contributed by atoms with Crippen LogP contribution in [0.25, 0.3) is 21.8 Å². The maximum atomic E-state index is 6.34. The van der Waals surface area contributed by atoms with E-state index in [4.69, 9.17) is 45.0 Å². The first-order valence-electron chi connectivity index (χ1n) is 23.3. The minimum atomic E-state index is 0.0256. The number of benzene rings is 4. The van der Waals surface area contributed by atoms with Crippen molar-refractivity contribution in [2.24, 2.45) is 0 Å². The number of aryl methyl sites for hydroxylation is 2. The van der Waals surface area contributed by atoms with E-state index in [1.165, 1.54) is 45.1 Å². The summed E-state index contributed by atoms with van der Waals surface area (Å²) < 4.78 is 32.8. The van der Waals surface area contributed by atoms with E-state index < -0.39 is 0 Å². The summed E-state index contributed by atoms with van der Waals surface area (Å²) in [6, 6.07) is 21.4. The zero-order valence-corrected chi connectivity index (χ0v) is 42.2. The van der Waals surface area contributed by atoms with Crippen LogP contribution in [0, 0.1) is 27.7 Å². The molecule has 0 spiro atoms. The van der Waals surface area contributed by atoms with Gasteiger partial charge in [0.05, 0.1) is 65.6 Å². The third-order valence-corrected chi connectivity index (χ3v) is 14.3. The second-order valence-corrected chi connectivity index (χ2v) is 19.5. The predicted molar refractivity (Wildman–Crippen MR) is 274 cm³/mol. The van der Waals surface area contributed by atoms with Crippen molar-refractivity contribution in [3.63, 3.8) is 0 Å². The molecule has 2 aromatic heterocycles. The Labute approximate surface area is 401 Å². The van der Waals surface area contributed by atoms with Crippen LogP contribution in [0.2, 0.25) is 5.02 Å². The molecule has 6 heterocycles. The molecule has 13 heteroatoms. The molecule has 356 valence electrons. The molecule has 4 aliphatic rings. The Hall–Kier alpha value is -5.69. The number of hydrogen-bond donors (Lipinski definition) is 1. The van der Waals surface area contributed by atoms with E-state index >= 15 is 0 Å². The molecule has 0 amide bonds. The van der Waals surface area contributed by atoms with Crippen molar-refractivity contribution >= 4 is 61.8 Å². The molecular weight excluding hydrogens is 864 g/mol. The lowest BCUT2D eigenvalue weighted by Crippen LogP contribution is -2.36. The van der Waals surface area contributed by atoms with E-state index in [2.05, 4.69) is 109 Å². The molecule has 1 N–H and O–H groups in total. The summed E-state index contributed by atoms with van der Waals surface area (Å²) in [5.74, 6) is 2.88. The number of methoxy groups -OCH3 is 4. The summed E-state index contributed by atoms with van der Waals surface area (Å²) in [5, 5.41) is 6.11. The quantitative estimate of drug-likeness (QED) is 0.165. The number of anilines is 5. The number of hydrogen-bond acceptors (Lipinski definition) is 12. The van der Waals surface area contributed by atoms with Gasteiger partial charge in [-0.1, -0.05) is 51.4 Å². The molecule has 12 nitrogen and oxygen atoms in total. The van der Waals surface area contributed by atoms with Gasteiger partial charge in [-0.2, -0.15) is 0 Å². The van der Waals surface area contributed by atoms with Crippen molar-refractivity contribution in [3.8, 4) is 23.0 Å². The highest BCUT2D eigenvalue weighted by Crippen LogP contribution is 2.50. The summed E-state index contributed by atoms with van der Waals surface area (Å²) in [7, 11) is 6.60. The van der Waals surface area contributed by atoms with Crippen molar-refractivity contribution in [2.75, 3.05) is 114 Å². The lowest BCUT2D eigenvalue weighted by Gasteiger charge is -2.30. The van der Waals surface area contributed by atoms with Gasteiger partial charge in [-0.3, -0.25) is 0 Å². The normalized spacial score (nSPS) is 16.9. The second-order valence-electron chi connectivity index (χ2n) is 19.1. The van der Waals surface area contributed by atoms with Gasteiger partial charge in [0.1, 0.15) is 34.0 Å². The number of nitrogens with one attached hydrogen (secondary N) is 1. The Balaban J connectivity index is 0.000000150. The van der Waals surface area contributed by atoms with Gasteiger partial charge in [-0.05, 0) is 86.3 Å². The average molecular weight is 932 g/mol. The van der Waals surface area contributed by atoms with Crippen molar-refractivity contribution in [1.82, 2.24) is 9.97 Å². The van der Waals surface area contributed by atoms with E-state index in [1.807, 2.05) is 26.0 Å². The molecule has 4 aliphatic heterocycles. The van der Waals surface area contributed by atoms with Gasteiger partial charge >= 0.3 is 0 Å². The van der Waals surface area contributed by atoms with Crippen LogP contribution in [0.4, 0.5) is 28.4 Å². The van der Waals surface area contributed by atoms with Crippen LogP contribution < -0.4 is 39.0 Å². The number of ether oxygens (including phenoxy) is 6. The molecule has 0 saturated carbocycles. The Bertz CT molecular complexity index is 2780. The molecule has 0 atom stereocenters. The third-order valence-electron chi connectivity index (χ3n) is 13.9. The molecule has 6 aromatic rings. The summed E-state index contributed by atoms with van der Waals surface area (Å²) in [6.07, 6.45) is 0. The molecule has 2 saturated heterocycles. The van der Waals surface area contributed by atoms with Crippen molar-refractivity contribution in [3.05, 3.63) is 99.3 Å². The number of aromatic nitrogens is 2. The highest BCUT2D eigenvalue weighted by Gasteiger charge is 2.38. The number of morpholine rings is 2. The van der Waals surface area contributed by atoms with E-state index in [0.717, 1.165) is 116 Å². The van der Waals surface area contributed by atoms with Crippen molar-refractivity contribution in [2.45, 2.75) is 66.2 Å². The van der Waals surface area contributed by atoms with Gasteiger partial charge in [0.25, 0.3) is 0 Å². The maximum absolute atomic E-state index is 6.34. The highest BCUT2D eigenvalue weighted by atomic mass is 35.5. The minimum Gasteiger partial charge on any atom is -0.497 e. The first-order valence-corrected chi connectivity index (χ1v) is 23.6. The Morgan fingerprint density at radius 1 is 0.597 bits per heavy atom. The smallest absolute Gasteiger partial charge is 0.148 e. The number of halogens is 1. The lowest BCUT2D eigenvalue weighted by atomic mass is 9.87. The minimum absolute atomic E-state index is 0.0256. The topological polar surface area (TPSA) is 103 Å². The molecular formula is C54H67ClN6O6. The molecule has 2 fully saturated rings. The Kier molecular flexibility index (Phi) is 13.9. The summed E-state index contributed by atoms with van der Waals surface area (Å²) >= 11 is 6.34. The summed E-state index contributed by atoms with van der Waals surface area (Å²) in [6.45, 7) is 26.4. The van der Waals surface area contributed by atoms with E-state index in [9.17, 15) is 0 Å². The van der Waals surface area contributed by atoms with Gasteiger partial charge in [0.2, 0.25) is 0 Å². The SMILES string of the molecule is CC1(C)CNc2cc(N3CCOCC3)ccc21.COc1cc(OC)c2nc(C)c(C)c(Cl)c2c1.COc1cc(OC)c2nc(C)c(C)c(N3CC(C)(C)c4ccc(N5CCOCC5)cc43)c2c1. The molecule has 0 unspecified atom stereocenters. The Morgan fingerprint density at radius 2 is 1.10 bits per heavy atom. The standard InChI is InChI=1S/C27H33N3O3.C14H20N2O.C13H14ClNO2/c1-17-18(2)28-25-21(14-20(31-5)15-24(25)32-6)26(17)30-16-27(3,4)22-8-7-19(13-23(22)30)29-9-11-33-12-10-29;1-14(2)10-15-13-9-11(3-4-12(13)14)16-5-7-17-8-6-16;1-7-8(2)15-13-10(12(7)14)5-9(16-3)6-11(13)17-4/h7-8,13-15H,9-12,16H2,1-6H3;3-4,9,15H,5-8,10H2,1-2H3;5-6H,1-4H3. The largest absolute Gasteiger partial charge is 0.497 e. The fraction of sp³-hybridized carbons (Fsp3) is 0.444. The fourth-order valence-electron chi connectivity index (χ4n) is 9.67. The molecule has 10 rings (SSSR count). The van der Waals surface area contributed by atoms with Crippen LogP contribution in [0.15, 0.2) is 60.7 Å². The molecule has 4 aromatic carbocycles. The van der Waals surface area contributed by atoms with Crippen LogP contribution in [0.1, 0.15) is 61.3 Å². The van der Waals surface area contributed by atoms with Crippen LogP contribution >= 0.6 is 11.6 Å². The monoisotopic (exact) mass is 930 g/mol. The summed E-state index contributed by atoms with van der Waals surface area (Å²) in [5.41, 5.74) is 15.1.